The van der Waals surface area contributed by atoms with Crippen molar-refractivity contribution in [2.24, 2.45) is 0 Å². The lowest BCUT2D eigenvalue weighted by atomic mass is 10.1. The molecule has 0 spiro atoms. The number of morpholine rings is 1. The molecule has 1 amide bonds. The predicted molar refractivity (Wildman–Crippen MR) is 84.3 cm³/mol. The molecule has 0 radical (unpaired) electrons. The van der Waals surface area contributed by atoms with Gasteiger partial charge in [-0.2, -0.15) is 0 Å². The number of carbonyl (C=O) groups is 1. The fourth-order valence-electron chi connectivity index (χ4n) is 2.33. The van der Waals surface area contributed by atoms with Crippen molar-refractivity contribution in [2.45, 2.75) is 31.9 Å². The summed E-state index contributed by atoms with van der Waals surface area (Å²) in [4.78, 5) is 12.0. The summed E-state index contributed by atoms with van der Waals surface area (Å²) < 4.78 is 45.4. The highest BCUT2D eigenvalue weighted by Crippen LogP contribution is 2.22. The average molecular weight is 369 g/mol. The first-order valence-electron chi connectivity index (χ1n) is 7.32. The quantitative estimate of drug-likeness (QED) is 0.835. The van der Waals surface area contributed by atoms with E-state index in [1.54, 1.807) is 0 Å². The first kappa shape index (κ1) is 20.5. The van der Waals surface area contributed by atoms with Gasteiger partial charge >= 0.3 is 6.36 Å². The van der Waals surface area contributed by atoms with Gasteiger partial charge in [0.05, 0.1) is 12.7 Å². The lowest BCUT2D eigenvalue weighted by Crippen LogP contribution is -2.55. The molecule has 9 heteroatoms. The van der Waals surface area contributed by atoms with Gasteiger partial charge in [0.1, 0.15) is 11.8 Å². The van der Waals surface area contributed by atoms with Crippen molar-refractivity contribution in [2.75, 3.05) is 19.7 Å². The largest absolute Gasteiger partial charge is 0.573 e. The van der Waals surface area contributed by atoms with Crippen molar-refractivity contribution in [1.29, 1.82) is 0 Å². The molecule has 1 saturated heterocycles. The predicted octanol–water partition coefficient (Wildman–Crippen LogP) is 2.04. The van der Waals surface area contributed by atoms with Crippen LogP contribution in [0.3, 0.4) is 0 Å². The van der Waals surface area contributed by atoms with Crippen LogP contribution in [0.5, 0.6) is 5.75 Å². The molecule has 2 atom stereocenters. The number of alkyl halides is 3. The number of nitrogens with one attached hydrogen (secondary N) is 2. The second-order valence-corrected chi connectivity index (χ2v) is 5.24. The van der Waals surface area contributed by atoms with Crippen LogP contribution in [0, 0.1) is 0 Å². The summed E-state index contributed by atoms with van der Waals surface area (Å²) in [5.41, 5.74) is 0.806. The highest BCUT2D eigenvalue weighted by Gasteiger charge is 2.31. The van der Waals surface area contributed by atoms with Crippen LogP contribution in [0.15, 0.2) is 24.3 Å². The van der Waals surface area contributed by atoms with Crippen LogP contribution < -0.4 is 15.4 Å². The molecule has 0 saturated carbocycles. The molecule has 2 rings (SSSR count). The van der Waals surface area contributed by atoms with E-state index >= 15 is 0 Å². The lowest BCUT2D eigenvalue weighted by Gasteiger charge is -2.29. The monoisotopic (exact) mass is 368 g/mol. The Labute approximate surface area is 144 Å². The van der Waals surface area contributed by atoms with Gasteiger partial charge in [-0.1, -0.05) is 12.1 Å². The summed E-state index contributed by atoms with van der Waals surface area (Å²) in [6, 6.07) is 5.20. The minimum Gasteiger partial charge on any atom is -0.406 e. The highest BCUT2D eigenvalue weighted by atomic mass is 35.5. The molecule has 1 aromatic rings. The third-order valence-corrected chi connectivity index (χ3v) is 3.47. The van der Waals surface area contributed by atoms with E-state index in [-0.39, 0.29) is 36.2 Å². The number of halogens is 4. The normalized spacial score (nSPS) is 20.8. The summed E-state index contributed by atoms with van der Waals surface area (Å²) in [5, 5.41) is 5.88. The van der Waals surface area contributed by atoms with E-state index in [9.17, 15) is 18.0 Å². The summed E-state index contributed by atoms with van der Waals surface area (Å²) in [6.45, 7) is 3.43. The Hall–Kier alpha value is -1.51. The maximum atomic E-state index is 12.1. The van der Waals surface area contributed by atoms with Gasteiger partial charge < -0.3 is 20.1 Å². The summed E-state index contributed by atoms with van der Waals surface area (Å²) in [6.07, 6.45) is -4.37. The first-order chi connectivity index (χ1) is 10.8. The second-order valence-electron chi connectivity index (χ2n) is 5.24. The van der Waals surface area contributed by atoms with Gasteiger partial charge in [0.25, 0.3) is 0 Å². The average Bonchev–Trinajstić information content (AvgIpc) is 2.48. The fourth-order valence-corrected chi connectivity index (χ4v) is 2.33. The molecule has 0 bridgehead atoms. The van der Waals surface area contributed by atoms with E-state index in [0.29, 0.717) is 26.1 Å². The van der Waals surface area contributed by atoms with Gasteiger partial charge in [-0.25, -0.2) is 0 Å². The Kier molecular flexibility index (Phi) is 7.78. The zero-order chi connectivity index (χ0) is 16.9. The number of hydrogen-bond donors (Lipinski definition) is 2. The highest BCUT2D eigenvalue weighted by molar-refractivity contribution is 5.85. The van der Waals surface area contributed by atoms with Gasteiger partial charge in [-0.15, -0.1) is 25.6 Å². The Morgan fingerprint density at radius 3 is 2.62 bits per heavy atom. The standard InChI is InChI=1S/C15H19F3N2O3.ClH/c1-10-13(19-8-9-22-10)14(21)20-7-6-11-2-4-12(5-3-11)23-15(16,17)18;/h2-5,10,13,19H,6-9H2,1H3,(H,20,21);1H/t10-,13+;/m1./s1. The van der Waals surface area contributed by atoms with E-state index in [1.165, 1.54) is 24.3 Å². The Morgan fingerprint density at radius 1 is 1.38 bits per heavy atom. The molecule has 1 aromatic carbocycles. The molecular formula is C15H20ClF3N2O3. The van der Waals surface area contributed by atoms with Crippen LogP contribution in [-0.4, -0.2) is 44.1 Å². The van der Waals surface area contributed by atoms with Crippen molar-refractivity contribution in [3.05, 3.63) is 29.8 Å². The second kappa shape index (κ2) is 9.10. The number of amides is 1. The summed E-state index contributed by atoms with van der Waals surface area (Å²) in [7, 11) is 0. The van der Waals surface area contributed by atoms with Crippen LogP contribution in [0.2, 0.25) is 0 Å². The molecule has 24 heavy (non-hydrogen) atoms. The zero-order valence-corrected chi connectivity index (χ0v) is 13.9. The Morgan fingerprint density at radius 2 is 2.04 bits per heavy atom. The number of benzene rings is 1. The minimum atomic E-state index is -4.69. The van der Waals surface area contributed by atoms with Gasteiger partial charge in [-0.05, 0) is 31.0 Å². The van der Waals surface area contributed by atoms with Crippen molar-refractivity contribution in [1.82, 2.24) is 10.6 Å². The van der Waals surface area contributed by atoms with E-state index in [1.807, 2.05) is 6.92 Å². The number of carbonyl (C=O) groups excluding carboxylic acids is 1. The molecule has 2 N–H and O–H groups in total. The van der Waals surface area contributed by atoms with Gasteiger partial charge in [-0.3, -0.25) is 4.79 Å². The Bertz CT molecular complexity index is 526. The molecule has 1 heterocycles. The van der Waals surface area contributed by atoms with Crippen molar-refractivity contribution in [3.63, 3.8) is 0 Å². The molecule has 1 fully saturated rings. The van der Waals surface area contributed by atoms with Crippen LogP contribution in [0.4, 0.5) is 13.2 Å². The van der Waals surface area contributed by atoms with Crippen LogP contribution in [0.1, 0.15) is 12.5 Å². The van der Waals surface area contributed by atoms with Gasteiger partial charge in [0, 0.05) is 13.1 Å². The third-order valence-electron chi connectivity index (χ3n) is 3.47. The van der Waals surface area contributed by atoms with Gasteiger partial charge in [0.2, 0.25) is 5.91 Å². The molecular weight excluding hydrogens is 349 g/mol. The summed E-state index contributed by atoms with van der Waals surface area (Å²) in [5.74, 6) is -0.406. The summed E-state index contributed by atoms with van der Waals surface area (Å²) >= 11 is 0. The van der Waals surface area contributed by atoms with Crippen LogP contribution in [0.25, 0.3) is 0 Å². The SMILES string of the molecule is C[C@H]1OCCN[C@@H]1C(=O)NCCc1ccc(OC(F)(F)F)cc1.Cl. The molecule has 5 nitrogen and oxygen atoms in total. The topological polar surface area (TPSA) is 59.6 Å². The van der Waals surface area contributed by atoms with Crippen molar-refractivity contribution >= 4 is 18.3 Å². The lowest BCUT2D eigenvalue weighted by molar-refractivity contribution is -0.274. The number of hydrogen-bond acceptors (Lipinski definition) is 4. The van der Waals surface area contributed by atoms with E-state index in [4.69, 9.17) is 4.74 Å². The molecule has 136 valence electrons. The molecule has 1 aliphatic heterocycles. The number of rotatable bonds is 5. The Balaban J connectivity index is 0.00000288. The fraction of sp³-hybridized carbons (Fsp3) is 0.533. The van der Waals surface area contributed by atoms with Crippen LogP contribution >= 0.6 is 12.4 Å². The minimum absolute atomic E-state index is 0. The van der Waals surface area contributed by atoms with Gasteiger partial charge in [0.15, 0.2) is 0 Å². The molecule has 1 aliphatic rings. The zero-order valence-electron chi connectivity index (χ0n) is 13.1. The maximum absolute atomic E-state index is 12.1. The first-order valence-corrected chi connectivity index (χ1v) is 7.32. The third kappa shape index (κ3) is 6.54. The molecule has 0 aliphatic carbocycles. The van der Waals surface area contributed by atoms with E-state index in [2.05, 4.69) is 15.4 Å². The van der Waals surface area contributed by atoms with E-state index < -0.39 is 6.36 Å². The van der Waals surface area contributed by atoms with Crippen molar-refractivity contribution < 1.29 is 27.4 Å². The smallest absolute Gasteiger partial charge is 0.406 e. The van der Waals surface area contributed by atoms with Crippen LogP contribution in [-0.2, 0) is 16.0 Å². The molecule has 0 aromatic heterocycles. The number of ether oxygens (including phenoxy) is 2. The maximum Gasteiger partial charge on any atom is 0.573 e. The van der Waals surface area contributed by atoms with Crippen molar-refractivity contribution in [3.8, 4) is 5.75 Å². The van der Waals surface area contributed by atoms with E-state index in [0.717, 1.165) is 5.56 Å². The molecule has 0 unspecified atom stereocenters.